The number of hydrogen-bond donors (Lipinski definition) is 0. The van der Waals surface area contributed by atoms with Gasteiger partial charge in [-0.3, -0.25) is 0 Å². The Hall–Kier alpha value is -7.10. The fraction of sp³-hybridized carbons (Fsp3) is 0. The minimum atomic E-state index is -0.0627. The lowest BCUT2D eigenvalue weighted by Gasteiger charge is -2.34. The van der Waals surface area contributed by atoms with Crippen molar-refractivity contribution in [2.45, 2.75) is 0 Å². The Bertz CT molecular complexity index is 3980. The normalized spacial score (nSPS) is 11.5. The predicted octanol–water partition coefficient (Wildman–Crippen LogP) is 0.863. The molecule has 2 nitrogen and oxygen atoms in total. The average molecular weight is 893 g/mol. The Morgan fingerprint density at radius 1 is 0.301 bits per heavy atom. The van der Waals surface area contributed by atoms with Gasteiger partial charge in [0.25, 0.3) is 0 Å². The molecule has 0 saturated heterocycles. The van der Waals surface area contributed by atoms with Crippen molar-refractivity contribution < 1.29 is 4.42 Å². The molecule has 0 aliphatic rings. The second-order valence-electron chi connectivity index (χ2n) is 18.0. The summed E-state index contributed by atoms with van der Waals surface area (Å²) in [6, 6.07) is 53.3. The molecule has 11 aromatic rings. The van der Waals surface area contributed by atoms with Crippen molar-refractivity contribution in [3.8, 4) is 55.6 Å². The highest BCUT2D eigenvalue weighted by atomic mass is 16.3. The third kappa shape index (κ3) is 7.85. The van der Waals surface area contributed by atoms with Gasteiger partial charge in [0.15, 0.2) is 0 Å². The van der Waals surface area contributed by atoms with E-state index in [1.54, 1.807) is 0 Å². The predicted molar refractivity (Wildman–Crippen MR) is 323 cm³/mol. The van der Waals surface area contributed by atoms with Gasteiger partial charge in [-0.05, 0) is 103 Å². The van der Waals surface area contributed by atoms with Crippen LogP contribution in [0.5, 0.6) is 0 Å². The van der Waals surface area contributed by atoms with Crippen LogP contribution in [0.3, 0.4) is 0 Å². The summed E-state index contributed by atoms with van der Waals surface area (Å²) in [6.07, 6.45) is 0. The van der Waals surface area contributed by atoms with Crippen LogP contribution < -0.4 is 75.9 Å². The summed E-state index contributed by atoms with van der Waals surface area (Å²) >= 11 is 0. The van der Waals surface area contributed by atoms with Crippen molar-refractivity contribution in [1.29, 1.82) is 0 Å². The first-order valence-electron chi connectivity index (χ1n) is 23.2. The molecule has 0 fully saturated rings. The molecule has 15 heteroatoms. The zero-order chi connectivity index (χ0) is 51.1. The first-order chi connectivity index (χ1) is 35.2. The lowest BCUT2D eigenvalue weighted by molar-refractivity contribution is 0.673. The summed E-state index contributed by atoms with van der Waals surface area (Å²) in [5.74, 6) is 0. The molecule has 1 aromatic heterocycles. The van der Waals surface area contributed by atoms with E-state index in [1.807, 2.05) is 102 Å². The topological polar surface area (TPSA) is 16.4 Å². The number of anilines is 3. The van der Waals surface area contributed by atoms with Gasteiger partial charge in [0.05, 0.1) is 0 Å². The molecule has 0 amide bonds. The van der Waals surface area contributed by atoms with Crippen molar-refractivity contribution in [1.82, 2.24) is 0 Å². The first-order valence-corrected chi connectivity index (χ1v) is 23.2. The van der Waals surface area contributed by atoms with Crippen molar-refractivity contribution in [2.75, 3.05) is 4.90 Å². The van der Waals surface area contributed by atoms with Crippen LogP contribution in [0, 0.1) is 0 Å². The highest BCUT2D eigenvalue weighted by Gasteiger charge is 2.26. The SMILES string of the molecule is [B]c1c([B])c([B])c(-c2c([B])c([B])c(-c3c([B])c([B])c(N(c4ccc(-c5cccc(-c6ccccc6)c5)cc4)c4ccc(-c5cccc6oc7c8ccccc8ccc7c56)cc4)c([B])c3[B])c([B])c2[B])c([B])c1[B]. The molecular formula is C58H26B13NO. The molecule has 1 heterocycles. The van der Waals surface area contributed by atoms with E-state index in [0.717, 1.165) is 66.1 Å². The molecular weight excluding hydrogens is 867 g/mol. The summed E-state index contributed by atoms with van der Waals surface area (Å²) in [5, 5.41) is 4.17. The highest BCUT2D eigenvalue weighted by Crippen LogP contribution is 2.41. The summed E-state index contributed by atoms with van der Waals surface area (Å²) in [5.41, 5.74) is 9.73. The van der Waals surface area contributed by atoms with E-state index in [2.05, 4.69) is 60.7 Å². The Kier molecular flexibility index (Phi) is 12.4. The van der Waals surface area contributed by atoms with Gasteiger partial charge in [-0.1, -0.05) is 170 Å². The number of benzene rings is 10. The van der Waals surface area contributed by atoms with Crippen molar-refractivity contribution in [3.05, 3.63) is 158 Å². The number of fused-ring (bicyclic) bond motifs is 5. The molecule has 0 N–H and O–H groups in total. The molecule has 0 atom stereocenters. The van der Waals surface area contributed by atoms with Crippen molar-refractivity contribution in [2.24, 2.45) is 0 Å². The molecule has 26 radical (unpaired) electrons. The monoisotopic (exact) mass is 895 g/mol. The number of rotatable bonds is 8. The summed E-state index contributed by atoms with van der Waals surface area (Å²) in [6.45, 7) is 0. The number of hydrogen-bond acceptors (Lipinski definition) is 2. The van der Waals surface area contributed by atoms with Gasteiger partial charge in [0.2, 0.25) is 0 Å². The van der Waals surface area contributed by atoms with Crippen molar-refractivity contribution in [3.63, 3.8) is 0 Å². The zero-order valence-electron chi connectivity index (χ0n) is 39.4. The van der Waals surface area contributed by atoms with Gasteiger partial charge in [0.1, 0.15) is 113 Å². The third-order valence-corrected chi connectivity index (χ3v) is 14.0. The van der Waals surface area contributed by atoms with Crippen LogP contribution in [0.2, 0.25) is 0 Å². The van der Waals surface area contributed by atoms with E-state index in [1.165, 1.54) is 0 Å². The van der Waals surface area contributed by atoms with Gasteiger partial charge < -0.3 is 9.32 Å². The zero-order valence-corrected chi connectivity index (χ0v) is 39.4. The fourth-order valence-corrected chi connectivity index (χ4v) is 10.1. The molecule has 308 valence electrons. The molecule has 0 saturated carbocycles. The maximum Gasteiger partial charge on any atom is 0.143 e. The molecule has 11 rings (SSSR count). The maximum absolute atomic E-state index is 7.18. The minimum Gasteiger partial charge on any atom is -0.455 e. The molecule has 0 bridgehead atoms. The van der Waals surface area contributed by atoms with Gasteiger partial charge in [0, 0.05) is 33.2 Å². The number of furan rings is 1. The lowest BCUT2D eigenvalue weighted by Crippen LogP contribution is -2.57. The van der Waals surface area contributed by atoms with Crippen LogP contribution >= 0.6 is 0 Å². The summed E-state index contributed by atoms with van der Waals surface area (Å²) < 4.78 is 6.53. The smallest absolute Gasteiger partial charge is 0.143 e. The van der Waals surface area contributed by atoms with Crippen LogP contribution in [0.4, 0.5) is 17.1 Å². The van der Waals surface area contributed by atoms with Crippen LogP contribution in [0.25, 0.3) is 88.3 Å². The van der Waals surface area contributed by atoms with E-state index < -0.39 is 0 Å². The molecule has 0 unspecified atom stereocenters. The van der Waals surface area contributed by atoms with Gasteiger partial charge in [-0.25, -0.2) is 0 Å². The number of nitrogens with zero attached hydrogens (tertiary/aromatic N) is 1. The maximum atomic E-state index is 7.18. The summed E-state index contributed by atoms with van der Waals surface area (Å²) in [4.78, 5) is 1.91. The highest BCUT2D eigenvalue weighted by molar-refractivity contribution is 6.72. The summed E-state index contributed by atoms with van der Waals surface area (Å²) in [7, 11) is 87.2. The molecule has 0 aliphatic carbocycles. The molecule has 0 spiro atoms. The second kappa shape index (κ2) is 18.7. The van der Waals surface area contributed by atoms with E-state index in [-0.39, 0.29) is 93.3 Å². The second-order valence-corrected chi connectivity index (χ2v) is 18.0. The van der Waals surface area contributed by atoms with Crippen LogP contribution in [-0.4, -0.2) is 102 Å². The first kappa shape index (κ1) is 48.2. The van der Waals surface area contributed by atoms with E-state index in [4.69, 9.17) is 106 Å². The standard InChI is InChI=1S/C58H26B13NO/c59-44-40(42-48(63)52(67)54(69)53(68)49(42)64)45(60)47(62)41(46(44)61)43-50(65)55(70)57(56(71)51(43)66)72(33-21-16-28(17-22-33)32-12-6-11-31(26-32)27-8-2-1-3-9-27)34-23-18-30(19-24-34)35-14-7-15-38-39(35)37-25-20-29-10-4-5-13-36(29)58(37)73-38/h1-26H. The molecule has 73 heavy (non-hydrogen) atoms. The Balaban J connectivity index is 1.07. The van der Waals surface area contributed by atoms with Gasteiger partial charge in [-0.15, -0.1) is 16.4 Å². The Morgan fingerprint density at radius 2 is 0.726 bits per heavy atom. The molecule has 0 aliphatic heterocycles. The minimum absolute atomic E-state index is 0.00382. The Morgan fingerprint density at radius 3 is 1.27 bits per heavy atom. The van der Waals surface area contributed by atoms with E-state index >= 15 is 0 Å². The third-order valence-electron chi connectivity index (χ3n) is 14.0. The van der Waals surface area contributed by atoms with Gasteiger partial charge in [-0.2, -0.15) is 0 Å². The van der Waals surface area contributed by atoms with E-state index in [0.29, 0.717) is 17.1 Å². The van der Waals surface area contributed by atoms with E-state index in [9.17, 15) is 0 Å². The Labute approximate surface area is 442 Å². The van der Waals surface area contributed by atoms with Gasteiger partial charge >= 0.3 is 0 Å². The average Bonchev–Trinajstić information content (AvgIpc) is 3.82. The fourth-order valence-electron chi connectivity index (χ4n) is 10.1. The largest absolute Gasteiger partial charge is 0.455 e. The van der Waals surface area contributed by atoms with Crippen LogP contribution in [0.1, 0.15) is 0 Å². The lowest BCUT2D eigenvalue weighted by atomic mass is 9.55. The van der Waals surface area contributed by atoms with Crippen LogP contribution in [0.15, 0.2) is 162 Å². The quantitative estimate of drug-likeness (QED) is 0.211. The van der Waals surface area contributed by atoms with Crippen molar-refractivity contribution >= 4 is 223 Å². The van der Waals surface area contributed by atoms with Crippen LogP contribution in [-0.2, 0) is 0 Å². The molecule has 10 aromatic carbocycles.